The van der Waals surface area contributed by atoms with Crippen LogP contribution in [0.1, 0.15) is 68.6 Å². The van der Waals surface area contributed by atoms with Crippen molar-refractivity contribution in [3.63, 3.8) is 0 Å². The van der Waals surface area contributed by atoms with Gasteiger partial charge in [0, 0.05) is 38.6 Å². The molecule has 332 valence electrons. The fourth-order valence-corrected chi connectivity index (χ4v) is 12.3. The Morgan fingerprint density at radius 1 is 0.406 bits per heavy atom. The molecule has 0 aliphatic heterocycles. The van der Waals surface area contributed by atoms with E-state index in [1.165, 1.54) is 126 Å². The zero-order chi connectivity index (χ0) is 46.1. The standard InChI is InChI=1S/C67H54N2/c1-67(2)59-34-14-9-29-53(59)54-41-39-47(43-60(54)67)50-27-10-15-35-61(50)69(64-38-18-13-31-56(64)58-33-20-24-46-23-19-32-52(66(46)58)45-21-5-3-6-22-45)62-36-16-11-28-51(62)48-40-42-57-55-30-12-17-37-63(55)68(65(57)44-48)49-25-7-4-8-26-49/h4,7-20,23-45H,3,5-6,21-22H2,1-2H3. The molecule has 11 aromatic rings. The van der Waals surface area contributed by atoms with Crippen LogP contribution in [0.25, 0.3) is 82.8 Å². The number of hydrogen-bond acceptors (Lipinski definition) is 1. The summed E-state index contributed by atoms with van der Waals surface area (Å²) < 4.78 is 2.43. The van der Waals surface area contributed by atoms with Gasteiger partial charge in [-0.15, -0.1) is 0 Å². The highest BCUT2D eigenvalue weighted by molar-refractivity contribution is 6.11. The van der Waals surface area contributed by atoms with Crippen molar-refractivity contribution in [1.82, 2.24) is 4.57 Å². The fourth-order valence-electron chi connectivity index (χ4n) is 12.3. The van der Waals surface area contributed by atoms with Crippen LogP contribution in [0.2, 0.25) is 0 Å². The summed E-state index contributed by atoms with van der Waals surface area (Å²) in [4.78, 5) is 2.58. The highest BCUT2D eigenvalue weighted by Gasteiger charge is 2.36. The molecule has 0 amide bonds. The smallest absolute Gasteiger partial charge is 0.0547 e. The van der Waals surface area contributed by atoms with E-state index in [0.717, 1.165) is 22.7 Å². The van der Waals surface area contributed by atoms with Crippen molar-refractivity contribution >= 4 is 49.6 Å². The molecule has 2 aliphatic carbocycles. The molecule has 0 bridgehead atoms. The minimum atomic E-state index is -0.124. The quantitative estimate of drug-likeness (QED) is 0.148. The minimum absolute atomic E-state index is 0.124. The predicted molar refractivity (Wildman–Crippen MR) is 293 cm³/mol. The molecule has 1 saturated carbocycles. The van der Waals surface area contributed by atoms with E-state index in [1.807, 2.05) is 0 Å². The van der Waals surface area contributed by atoms with Crippen molar-refractivity contribution in [1.29, 1.82) is 0 Å². The Bertz CT molecular complexity index is 3750. The maximum absolute atomic E-state index is 2.58. The number of fused-ring (bicyclic) bond motifs is 7. The topological polar surface area (TPSA) is 8.17 Å². The average molecular weight is 887 g/mol. The zero-order valence-corrected chi connectivity index (χ0v) is 39.4. The average Bonchev–Trinajstić information content (AvgIpc) is 3.86. The number of aromatic nitrogens is 1. The van der Waals surface area contributed by atoms with E-state index in [-0.39, 0.29) is 5.41 Å². The summed E-state index contributed by atoms with van der Waals surface area (Å²) in [6.07, 6.45) is 6.42. The van der Waals surface area contributed by atoms with Gasteiger partial charge in [0.2, 0.25) is 0 Å². The second-order valence-corrected chi connectivity index (χ2v) is 19.8. The number of rotatable bonds is 8. The normalized spacial score (nSPS) is 14.3. The maximum atomic E-state index is 2.58. The van der Waals surface area contributed by atoms with Crippen molar-refractivity contribution in [2.45, 2.75) is 57.3 Å². The van der Waals surface area contributed by atoms with E-state index < -0.39 is 0 Å². The van der Waals surface area contributed by atoms with Gasteiger partial charge < -0.3 is 9.47 Å². The van der Waals surface area contributed by atoms with Gasteiger partial charge in [-0.2, -0.15) is 0 Å². The third-order valence-electron chi connectivity index (χ3n) is 15.6. The second-order valence-electron chi connectivity index (χ2n) is 19.8. The summed E-state index contributed by atoms with van der Waals surface area (Å²) in [7, 11) is 0. The Hall–Kier alpha value is -7.94. The van der Waals surface area contributed by atoms with Gasteiger partial charge in [0.05, 0.1) is 28.1 Å². The van der Waals surface area contributed by atoms with Gasteiger partial charge in [-0.1, -0.05) is 209 Å². The van der Waals surface area contributed by atoms with Gasteiger partial charge in [-0.05, 0) is 123 Å². The molecular weight excluding hydrogens is 833 g/mol. The lowest BCUT2D eigenvalue weighted by molar-refractivity contribution is 0.445. The number of benzene rings is 10. The van der Waals surface area contributed by atoms with Crippen LogP contribution < -0.4 is 4.90 Å². The SMILES string of the molecule is CC1(C)c2ccccc2-c2ccc(-c3ccccc3N(c3ccccc3-c3ccc4c5ccccc5n(-c5ccccc5)c4c3)c3ccccc3-c3cccc4cccc(C5CCCCC5)c34)cc21. The molecule has 0 spiro atoms. The molecule has 2 heteroatoms. The highest BCUT2D eigenvalue weighted by Crippen LogP contribution is 2.53. The van der Waals surface area contributed by atoms with E-state index >= 15 is 0 Å². The molecule has 0 saturated heterocycles. The Labute approximate surface area is 405 Å². The van der Waals surface area contributed by atoms with Crippen LogP contribution in [0.15, 0.2) is 224 Å². The van der Waals surface area contributed by atoms with Crippen LogP contribution in [0.5, 0.6) is 0 Å². The lowest BCUT2D eigenvalue weighted by Crippen LogP contribution is -2.15. The molecule has 13 rings (SSSR count). The van der Waals surface area contributed by atoms with Gasteiger partial charge in [-0.25, -0.2) is 0 Å². The van der Waals surface area contributed by atoms with E-state index in [4.69, 9.17) is 0 Å². The molecule has 2 aliphatic rings. The highest BCUT2D eigenvalue weighted by atomic mass is 15.1. The molecule has 2 nitrogen and oxygen atoms in total. The monoisotopic (exact) mass is 886 g/mol. The van der Waals surface area contributed by atoms with Crippen LogP contribution in [0.4, 0.5) is 17.1 Å². The molecule has 1 fully saturated rings. The molecule has 1 heterocycles. The summed E-state index contributed by atoms with van der Waals surface area (Å²) in [5.41, 5.74) is 21.0. The number of para-hydroxylation sites is 5. The molecule has 10 aromatic carbocycles. The molecule has 0 unspecified atom stereocenters. The third-order valence-corrected chi connectivity index (χ3v) is 15.6. The first-order valence-electron chi connectivity index (χ1n) is 25.0. The first-order chi connectivity index (χ1) is 34.0. The van der Waals surface area contributed by atoms with Gasteiger partial charge in [0.1, 0.15) is 0 Å². The van der Waals surface area contributed by atoms with E-state index in [2.05, 4.69) is 248 Å². The first kappa shape index (κ1) is 41.3. The zero-order valence-electron chi connectivity index (χ0n) is 39.4. The summed E-state index contributed by atoms with van der Waals surface area (Å²) >= 11 is 0. The second kappa shape index (κ2) is 16.7. The van der Waals surface area contributed by atoms with Crippen molar-refractivity contribution in [3.8, 4) is 50.2 Å². The Balaban J connectivity index is 1.06. The van der Waals surface area contributed by atoms with E-state index in [0.29, 0.717) is 5.92 Å². The summed E-state index contributed by atoms with van der Waals surface area (Å²) in [6.45, 7) is 4.76. The number of nitrogens with zero attached hydrogens (tertiary/aromatic N) is 2. The Morgan fingerprint density at radius 2 is 0.957 bits per heavy atom. The van der Waals surface area contributed by atoms with Crippen LogP contribution >= 0.6 is 0 Å². The first-order valence-corrected chi connectivity index (χ1v) is 25.0. The van der Waals surface area contributed by atoms with Crippen molar-refractivity contribution in [3.05, 3.63) is 241 Å². The van der Waals surface area contributed by atoms with Gasteiger partial charge in [0.15, 0.2) is 0 Å². The fraction of sp³-hybridized carbons (Fsp3) is 0.134. The van der Waals surface area contributed by atoms with E-state index in [9.17, 15) is 0 Å². The van der Waals surface area contributed by atoms with Crippen LogP contribution in [-0.4, -0.2) is 4.57 Å². The van der Waals surface area contributed by atoms with Gasteiger partial charge in [0.25, 0.3) is 0 Å². The lowest BCUT2D eigenvalue weighted by atomic mass is 9.80. The Morgan fingerprint density at radius 3 is 1.71 bits per heavy atom. The maximum Gasteiger partial charge on any atom is 0.0547 e. The third kappa shape index (κ3) is 6.76. The predicted octanol–water partition coefficient (Wildman–Crippen LogP) is 18.8. The van der Waals surface area contributed by atoms with Crippen LogP contribution in [0, 0.1) is 0 Å². The van der Waals surface area contributed by atoms with E-state index in [1.54, 1.807) is 0 Å². The molecule has 0 N–H and O–H groups in total. The summed E-state index contributed by atoms with van der Waals surface area (Å²) in [5.74, 6) is 0.560. The summed E-state index contributed by atoms with van der Waals surface area (Å²) in [5, 5.41) is 5.20. The van der Waals surface area contributed by atoms with Crippen molar-refractivity contribution in [2.24, 2.45) is 0 Å². The van der Waals surface area contributed by atoms with Crippen molar-refractivity contribution in [2.75, 3.05) is 4.90 Å². The lowest BCUT2D eigenvalue weighted by Gasteiger charge is -2.32. The molecule has 69 heavy (non-hydrogen) atoms. The number of hydrogen-bond donors (Lipinski definition) is 0. The molecule has 1 aromatic heterocycles. The largest absolute Gasteiger partial charge is 0.309 e. The molecular formula is C67H54N2. The van der Waals surface area contributed by atoms with Crippen molar-refractivity contribution < 1.29 is 0 Å². The summed E-state index contributed by atoms with van der Waals surface area (Å²) in [6, 6.07) is 84.1. The molecule has 0 radical (unpaired) electrons. The van der Waals surface area contributed by atoms with Gasteiger partial charge >= 0.3 is 0 Å². The van der Waals surface area contributed by atoms with Gasteiger partial charge in [-0.3, -0.25) is 0 Å². The van der Waals surface area contributed by atoms with Crippen LogP contribution in [-0.2, 0) is 5.41 Å². The molecule has 0 atom stereocenters. The minimum Gasteiger partial charge on any atom is -0.309 e. The Kier molecular flexibility index (Phi) is 9.98. The number of anilines is 3. The van der Waals surface area contributed by atoms with Crippen LogP contribution in [0.3, 0.4) is 0 Å².